The Morgan fingerprint density at radius 2 is 1.57 bits per heavy atom. The third kappa shape index (κ3) is 4.05. The maximum absolute atomic E-state index is 12.8. The Hall–Kier alpha value is -3.24. The quantitative estimate of drug-likeness (QED) is 0.204. The number of nitrogens with zero attached hydrogens (tertiary/aromatic N) is 1. The van der Waals surface area contributed by atoms with Gasteiger partial charge in [0.25, 0.3) is 0 Å². The van der Waals surface area contributed by atoms with Crippen LogP contribution in [0.4, 0.5) is 0 Å². The molecule has 4 heteroatoms. The van der Waals surface area contributed by atoms with Gasteiger partial charge in [-0.05, 0) is 36.8 Å². The Morgan fingerprint density at radius 1 is 0.933 bits per heavy atom. The number of aryl methyl sites for hydroxylation is 1. The zero-order chi connectivity index (χ0) is 20.9. The predicted octanol–water partition coefficient (Wildman–Crippen LogP) is 6.54. The molecule has 0 bridgehead atoms. The van der Waals surface area contributed by atoms with Crippen molar-refractivity contribution in [2.24, 2.45) is 7.05 Å². The molecule has 0 radical (unpaired) electrons. The second-order valence-electron chi connectivity index (χ2n) is 6.85. The van der Waals surface area contributed by atoms with Crippen LogP contribution in [-0.2, 0) is 16.6 Å². The molecular formula is C26H23NO2S. The summed E-state index contributed by atoms with van der Waals surface area (Å²) in [5.41, 5.74) is 4.32. The number of thioether (sulfide) groups is 1. The fraction of sp³-hybridized carbons (Fsp3) is 0.115. The van der Waals surface area contributed by atoms with Crippen LogP contribution in [0.5, 0.6) is 0 Å². The summed E-state index contributed by atoms with van der Waals surface area (Å²) >= 11 is 1.43. The number of hydrogen-bond donors (Lipinski definition) is 0. The number of para-hydroxylation sites is 1. The summed E-state index contributed by atoms with van der Waals surface area (Å²) in [6, 6.07) is 28.5. The molecule has 4 rings (SSSR count). The number of esters is 1. The SMILES string of the molecule is CCOC(=O)/C(=C/c1c(-c2ccccc2)n(C)c2ccccc12)Sc1ccccc1. The topological polar surface area (TPSA) is 31.2 Å². The molecule has 0 N–H and O–H groups in total. The largest absolute Gasteiger partial charge is 0.462 e. The Morgan fingerprint density at radius 3 is 2.27 bits per heavy atom. The van der Waals surface area contributed by atoms with Crippen LogP contribution in [0.3, 0.4) is 0 Å². The number of rotatable bonds is 6. The molecule has 0 saturated heterocycles. The smallest absolute Gasteiger partial charge is 0.344 e. The first kappa shape index (κ1) is 20.0. The molecule has 0 spiro atoms. The highest BCUT2D eigenvalue weighted by Gasteiger charge is 2.19. The van der Waals surface area contributed by atoms with Gasteiger partial charge in [-0.1, -0.05) is 78.5 Å². The zero-order valence-electron chi connectivity index (χ0n) is 17.0. The van der Waals surface area contributed by atoms with Crippen molar-refractivity contribution in [1.29, 1.82) is 0 Å². The van der Waals surface area contributed by atoms with E-state index in [1.165, 1.54) is 11.8 Å². The average molecular weight is 414 g/mol. The fourth-order valence-corrected chi connectivity index (χ4v) is 4.46. The summed E-state index contributed by atoms with van der Waals surface area (Å²) in [7, 11) is 2.07. The number of ether oxygens (including phenoxy) is 1. The third-order valence-electron chi connectivity index (χ3n) is 4.92. The molecule has 1 aromatic heterocycles. The predicted molar refractivity (Wildman–Crippen MR) is 125 cm³/mol. The van der Waals surface area contributed by atoms with E-state index in [0.29, 0.717) is 11.5 Å². The third-order valence-corrected chi connectivity index (χ3v) is 5.93. The summed E-state index contributed by atoms with van der Waals surface area (Å²) in [6.07, 6.45) is 1.97. The van der Waals surface area contributed by atoms with E-state index in [1.54, 1.807) is 0 Å². The van der Waals surface area contributed by atoms with Crippen LogP contribution in [-0.4, -0.2) is 17.1 Å². The van der Waals surface area contributed by atoms with E-state index < -0.39 is 0 Å². The van der Waals surface area contributed by atoms with Crippen LogP contribution < -0.4 is 0 Å². The van der Waals surface area contributed by atoms with Gasteiger partial charge in [-0.15, -0.1) is 0 Å². The molecule has 0 aliphatic rings. The Labute approximate surface area is 181 Å². The lowest BCUT2D eigenvalue weighted by molar-refractivity contribution is -0.137. The van der Waals surface area contributed by atoms with E-state index in [4.69, 9.17) is 4.74 Å². The van der Waals surface area contributed by atoms with Gasteiger partial charge in [-0.25, -0.2) is 4.79 Å². The minimum absolute atomic E-state index is 0.307. The minimum atomic E-state index is -0.307. The van der Waals surface area contributed by atoms with Crippen molar-refractivity contribution < 1.29 is 9.53 Å². The number of aromatic nitrogens is 1. The molecule has 0 amide bonds. The number of hydrogen-bond acceptors (Lipinski definition) is 3. The van der Waals surface area contributed by atoms with Crippen molar-refractivity contribution in [3.05, 3.63) is 95.4 Å². The Bertz CT molecular complexity index is 1190. The molecule has 0 fully saturated rings. The van der Waals surface area contributed by atoms with Crippen molar-refractivity contribution in [2.45, 2.75) is 11.8 Å². The van der Waals surface area contributed by atoms with Crippen molar-refractivity contribution in [2.75, 3.05) is 6.61 Å². The van der Waals surface area contributed by atoms with Gasteiger partial charge in [-0.3, -0.25) is 0 Å². The standard InChI is InChI=1S/C26H23NO2S/c1-3-29-26(28)24(30-20-14-8-5-9-15-20)18-22-21-16-10-11-17-23(21)27(2)25(22)19-12-6-4-7-13-19/h4-18H,3H2,1-2H3/b24-18-. The summed E-state index contributed by atoms with van der Waals surface area (Å²) < 4.78 is 7.57. The van der Waals surface area contributed by atoms with E-state index in [0.717, 1.165) is 32.6 Å². The van der Waals surface area contributed by atoms with Crippen molar-refractivity contribution in [3.63, 3.8) is 0 Å². The van der Waals surface area contributed by atoms with E-state index in [2.05, 4.69) is 35.9 Å². The highest BCUT2D eigenvalue weighted by Crippen LogP contribution is 2.37. The molecule has 0 saturated carbocycles. The number of carbonyl (C=O) groups excluding carboxylic acids is 1. The van der Waals surface area contributed by atoms with Gasteiger partial charge in [-0.2, -0.15) is 0 Å². The first-order chi connectivity index (χ1) is 14.7. The molecule has 1 heterocycles. The van der Waals surface area contributed by atoms with E-state index in [1.807, 2.05) is 73.7 Å². The molecule has 0 atom stereocenters. The number of fused-ring (bicyclic) bond motifs is 1. The van der Waals surface area contributed by atoms with Crippen molar-refractivity contribution in [1.82, 2.24) is 4.57 Å². The van der Waals surface area contributed by atoms with Crippen LogP contribution in [0.15, 0.2) is 94.7 Å². The summed E-state index contributed by atoms with van der Waals surface area (Å²) in [5.74, 6) is -0.307. The number of benzene rings is 3. The highest BCUT2D eigenvalue weighted by atomic mass is 32.2. The fourth-order valence-electron chi connectivity index (χ4n) is 3.59. The van der Waals surface area contributed by atoms with Gasteiger partial charge in [0.15, 0.2) is 0 Å². The molecule has 30 heavy (non-hydrogen) atoms. The monoisotopic (exact) mass is 413 g/mol. The maximum atomic E-state index is 12.8. The second-order valence-corrected chi connectivity index (χ2v) is 7.96. The summed E-state index contributed by atoms with van der Waals surface area (Å²) in [5, 5.41) is 1.11. The van der Waals surface area contributed by atoms with Gasteiger partial charge in [0.05, 0.1) is 17.2 Å². The van der Waals surface area contributed by atoms with Gasteiger partial charge in [0.1, 0.15) is 0 Å². The van der Waals surface area contributed by atoms with Crippen LogP contribution in [0.1, 0.15) is 12.5 Å². The summed E-state index contributed by atoms with van der Waals surface area (Å²) in [4.78, 5) is 14.4. The van der Waals surface area contributed by atoms with Gasteiger partial charge >= 0.3 is 5.97 Å². The van der Waals surface area contributed by atoms with Gasteiger partial charge in [0, 0.05) is 28.4 Å². The first-order valence-corrected chi connectivity index (χ1v) is 10.7. The van der Waals surface area contributed by atoms with E-state index in [9.17, 15) is 4.79 Å². The molecule has 0 aliphatic carbocycles. The molecule has 4 aromatic rings. The van der Waals surface area contributed by atoms with Crippen LogP contribution in [0.2, 0.25) is 0 Å². The van der Waals surface area contributed by atoms with E-state index in [-0.39, 0.29) is 5.97 Å². The molecular weight excluding hydrogens is 390 g/mol. The minimum Gasteiger partial charge on any atom is -0.462 e. The lowest BCUT2D eigenvalue weighted by Crippen LogP contribution is -2.05. The molecule has 0 aliphatic heterocycles. The molecule has 3 nitrogen and oxygen atoms in total. The highest BCUT2D eigenvalue weighted by molar-refractivity contribution is 8.04. The second kappa shape index (κ2) is 9.06. The molecule has 3 aromatic carbocycles. The normalized spacial score (nSPS) is 11.6. The average Bonchev–Trinajstić information content (AvgIpc) is 3.06. The number of carbonyl (C=O) groups is 1. The lowest BCUT2D eigenvalue weighted by atomic mass is 10.0. The zero-order valence-corrected chi connectivity index (χ0v) is 17.9. The van der Waals surface area contributed by atoms with Crippen LogP contribution in [0.25, 0.3) is 28.2 Å². The first-order valence-electron chi connectivity index (χ1n) is 9.93. The lowest BCUT2D eigenvalue weighted by Gasteiger charge is -2.09. The molecule has 150 valence electrons. The van der Waals surface area contributed by atoms with Crippen LogP contribution >= 0.6 is 11.8 Å². The molecule has 0 unspecified atom stereocenters. The Balaban J connectivity index is 1.93. The maximum Gasteiger partial charge on any atom is 0.344 e. The van der Waals surface area contributed by atoms with Crippen LogP contribution in [0, 0.1) is 0 Å². The van der Waals surface area contributed by atoms with Crippen molar-refractivity contribution >= 4 is 34.7 Å². The Kier molecular flexibility index (Phi) is 6.05. The summed E-state index contributed by atoms with van der Waals surface area (Å²) in [6.45, 7) is 2.17. The van der Waals surface area contributed by atoms with E-state index >= 15 is 0 Å². The van der Waals surface area contributed by atoms with Gasteiger partial charge in [0.2, 0.25) is 0 Å². The van der Waals surface area contributed by atoms with Gasteiger partial charge < -0.3 is 9.30 Å². The van der Waals surface area contributed by atoms with Crippen molar-refractivity contribution in [3.8, 4) is 11.3 Å².